The van der Waals surface area contributed by atoms with E-state index < -0.39 is 0 Å². The van der Waals surface area contributed by atoms with Gasteiger partial charge in [0.25, 0.3) is 0 Å². The van der Waals surface area contributed by atoms with E-state index in [1.165, 1.54) is 43.4 Å². The third kappa shape index (κ3) is 5.32. The molecule has 10 aromatic carbocycles. The van der Waals surface area contributed by atoms with Gasteiger partial charge in [0.15, 0.2) is 17.5 Å². The van der Waals surface area contributed by atoms with E-state index in [0.29, 0.717) is 17.5 Å². The van der Waals surface area contributed by atoms with Crippen molar-refractivity contribution in [2.75, 3.05) is 0 Å². The first kappa shape index (κ1) is 34.5. The first-order valence-corrected chi connectivity index (χ1v) is 20.9. The monoisotopic (exact) mass is 790 g/mol. The molecule has 0 unspecified atom stereocenters. The number of fused-ring (bicyclic) bond motifs is 11. The highest BCUT2D eigenvalue weighted by Gasteiger charge is 2.21. The number of nitrogens with zero attached hydrogens (tertiary/aromatic N) is 4. The fourth-order valence-corrected chi connectivity index (χ4v) is 9.58. The van der Waals surface area contributed by atoms with Gasteiger partial charge >= 0.3 is 0 Å². The van der Waals surface area contributed by atoms with E-state index in [0.717, 1.165) is 66.2 Å². The number of rotatable bonds is 5. The van der Waals surface area contributed by atoms with Crippen LogP contribution in [0.3, 0.4) is 0 Å². The predicted octanol–water partition coefficient (Wildman–Crippen LogP) is 15.0. The van der Waals surface area contributed by atoms with Crippen LogP contribution in [0.2, 0.25) is 0 Å². The zero-order chi connectivity index (χ0) is 40.7. The average molecular weight is 791 g/mol. The van der Waals surface area contributed by atoms with Crippen LogP contribution in [0.1, 0.15) is 0 Å². The van der Waals surface area contributed by atoms with Crippen molar-refractivity contribution in [1.82, 2.24) is 19.5 Å². The molecule has 0 atom stereocenters. The number of furan rings is 1. The van der Waals surface area contributed by atoms with Crippen LogP contribution in [0, 0.1) is 0 Å². The summed E-state index contributed by atoms with van der Waals surface area (Å²) in [5, 5.41) is 11.8. The van der Waals surface area contributed by atoms with E-state index in [1.807, 2.05) is 30.3 Å². The van der Waals surface area contributed by atoms with E-state index in [-0.39, 0.29) is 0 Å². The van der Waals surface area contributed by atoms with Gasteiger partial charge in [-0.15, -0.1) is 0 Å². The smallest absolute Gasteiger partial charge is 0.164 e. The second kappa shape index (κ2) is 13.6. The Morgan fingerprint density at radius 3 is 1.56 bits per heavy atom. The Morgan fingerprint density at radius 2 is 0.839 bits per heavy atom. The molecule has 0 radical (unpaired) electrons. The normalized spacial score (nSPS) is 11.9. The second-order valence-corrected chi connectivity index (χ2v) is 15.9. The van der Waals surface area contributed by atoms with Crippen LogP contribution < -0.4 is 0 Å². The van der Waals surface area contributed by atoms with Crippen LogP contribution in [-0.2, 0) is 0 Å². The first-order chi connectivity index (χ1) is 30.7. The summed E-state index contributed by atoms with van der Waals surface area (Å²) < 4.78 is 8.73. The van der Waals surface area contributed by atoms with Crippen LogP contribution in [0.4, 0.5) is 0 Å². The molecule has 13 rings (SSSR count). The Bertz CT molecular complexity index is 3840. The Kier molecular flexibility index (Phi) is 7.54. The maximum absolute atomic E-state index is 6.32. The molecular formula is C57H34N4O. The molecule has 0 spiro atoms. The summed E-state index contributed by atoms with van der Waals surface area (Å²) in [6, 6.07) is 72.8. The van der Waals surface area contributed by atoms with E-state index in [4.69, 9.17) is 19.4 Å². The van der Waals surface area contributed by atoms with Gasteiger partial charge in [-0.25, -0.2) is 15.0 Å². The molecule has 5 heteroatoms. The largest absolute Gasteiger partial charge is 0.456 e. The molecule has 13 aromatic rings. The van der Waals surface area contributed by atoms with Gasteiger partial charge in [-0.1, -0.05) is 164 Å². The quantitative estimate of drug-likeness (QED) is 0.174. The summed E-state index contributed by atoms with van der Waals surface area (Å²) >= 11 is 0. The average Bonchev–Trinajstić information content (AvgIpc) is 3.90. The molecule has 0 saturated carbocycles. The van der Waals surface area contributed by atoms with Crippen LogP contribution in [0.25, 0.3) is 127 Å². The topological polar surface area (TPSA) is 56.7 Å². The van der Waals surface area contributed by atoms with Crippen molar-refractivity contribution in [1.29, 1.82) is 0 Å². The minimum atomic E-state index is 0.590. The van der Waals surface area contributed by atoms with Gasteiger partial charge in [-0.05, 0) is 85.9 Å². The summed E-state index contributed by atoms with van der Waals surface area (Å²) in [6.07, 6.45) is 0. The molecule has 0 aliphatic carbocycles. The van der Waals surface area contributed by atoms with E-state index >= 15 is 0 Å². The maximum atomic E-state index is 6.32. The lowest BCUT2D eigenvalue weighted by Gasteiger charge is -2.14. The molecule has 0 saturated heterocycles. The number of aromatic nitrogens is 4. The standard InChI is InChI=1S/C57H34N4O/c1-2-15-39-34-40(25-24-35(39)12-1)55-58-56(60-57(59-55)47-21-11-23-51-52(47)46-20-9-10-22-50(46)62-51)45-19-8-7-16-42(45)38-26-30-41(31-27-38)61-48-32-28-36-13-3-5-17-43(36)53(48)54-44-18-6-4-14-37(44)29-33-49(54)61/h1-34H. The fraction of sp³-hybridized carbons (Fsp3) is 0. The molecule has 0 fully saturated rings. The summed E-state index contributed by atoms with van der Waals surface area (Å²) in [6.45, 7) is 0. The van der Waals surface area contributed by atoms with Crippen LogP contribution in [0.5, 0.6) is 0 Å². The number of hydrogen-bond donors (Lipinski definition) is 0. The maximum Gasteiger partial charge on any atom is 0.164 e. The lowest BCUT2D eigenvalue weighted by molar-refractivity contribution is 0.669. The molecule has 3 aromatic heterocycles. The van der Waals surface area contributed by atoms with Crippen molar-refractivity contribution in [2.24, 2.45) is 0 Å². The molecule has 288 valence electrons. The minimum absolute atomic E-state index is 0.590. The minimum Gasteiger partial charge on any atom is -0.456 e. The second-order valence-electron chi connectivity index (χ2n) is 15.9. The lowest BCUT2D eigenvalue weighted by Crippen LogP contribution is -2.01. The van der Waals surface area contributed by atoms with Crippen molar-refractivity contribution in [3.05, 3.63) is 206 Å². The van der Waals surface area contributed by atoms with E-state index in [1.54, 1.807) is 0 Å². The molecular weight excluding hydrogens is 757 g/mol. The number of para-hydroxylation sites is 1. The van der Waals surface area contributed by atoms with Crippen LogP contribution >= 0.6 is 0 Å². The molecule has 0 aliphatic heterocycles. The molecule has 5 nitrogen and oxygen atoms in total. The summed E-state index contributed by atoms with van der Waals surface area (Å²) in [5.74, 6) is 1.80. The molecule has 0 bridgehead atoms. The van der Waals surface area contributed by atoms with Crippen molar-refractivity contribution in [2.45, 2.75) is 0 Å². The highest BCUT2D eigenvalue weighted by molar-refractivity contribution is 6.28. The third-order valence-electron chi connectivity index (χ3n) is 12.4. The molecule has 0 N–H and O–H groups in total. The zero-order valence-electron chi connectivity index (χ0n) is 33.3. The van der Waals surface area contributed by atoms with Gasteiger partial charge in [0.05, 0.1) is 11.0 Å². The van der Waals surface area contributed by atoms with E-state index in [2.05, 4.69) is 180 Å². The summed E-state index contributed by atoms with van der Waals surface area (Å²) in [4.78, 5) is 15.7. The van der Waals surface area contributed by atoms with Crippen molar-refractivity contribution in [3.63, 3.8) is 0 Å². The molecule has 3 heterocycles. The lowest BCUT2D eigenvalue weighted by atomic mass is 9.98. The Labute approximate surface area is 355 Å². The fourth-order valence-electron chi connectivity index (χ4n) is 9.58. The van der Waals surface area contributed by atoms with Gasteiger partial charge in [-0.2, -0.15) is 0 Å². The third-order valence-corrected chi connectivity index (χ3v) is 12.4. The SMILES string of the molecule is c1ccc(-c2nc(-c3ccc4ccccc4c3)nc(-c3cccc4oc5ccccc5c34)n2)c(-c2ccc(-n3c4ccc5ccccc5c4c4c5ccccc5ccc43)cc2)c1. The summed E-state index contributed by atoms with van der Waals surface area (Å²) in [7, 11) is 0. The van der Waals surface area contributed by atoms with E-state index in [9.17, 15) is 0 Å². The van der Waals surface area contributed by atoms with Crippen molar-refractivity contribution >= 4 is 76.1 Å². The van der Waals surface area contributed by atoms with Gasteiger partial charge < -0.3 is 8.98 Å². The predicted molar refractivity (Wildman–Crippen MR) is 256 cm³/mol. The van der Waals surface area contributed by atoms with Crippen LogP contribution in [-0.4, -0.2) is 19.5 Å². The van der Waals surface area contributed by atoms with Gasteiger partial charge in [-0.3, -0.25) is 0 Å². The number of hydrogen-bond acceptors (Lipinski definition) is 4. The Morgan fingerprint density at radius 1 is 0.323 bits per heavy atom. The first-order valence-electron chi connectivity index (χ1n) is 20.9. The zero-order valence-corrected chi connectivity index (χ0v) is 33.3. The molecule has 62 heavy (non-hydrogen) atoms. The van der Waals surface area contributed by atoms with Gasteiger partial charge in [0.2, 0.25) is 0 Å². The molecule has 0 aliphatic rings. The summed E-state index contributed by atoms with van der Waals surface area (Å²) in [5.41, 5.74) is 9.93. The number of benzene rings is 10. The Hall–Kier alpha value is -8.41. The van der Waals surface area contributed by atoms with Crippen LogP contribution in [0.15, 0.2) is 211 Å². The van der Waals surface area contributed by atoms with Crippen molar-refractivity contribution in [3.8, 4) is 51.0 Å². The van der Waals surface area contributed by atoms with Gasteiger partial charge in [0.1, 0.15) is 11.2 Å². The molecule has 0 amide bonds. The highest BCUT2D eigenvalue weighted by atomic mass is 16.3. The highest BCUT2D eigenvalue weighted by Crippen LogP contribution is 2.42. The van der Waals surface area contributed by atoms with Crippen molar-refractivity contribution < 1.29 is 4.42 Å². The van der Waals surface area contributed by atoms with Gasteiger partial charge in [0, 0.05) is 43.9 Å². The Balaban J connectivity index is 0.990.